The summed E-state index contributed by atoms with van der Waals surface area (Å²) < 4.78 is 4.83. The van der Waals surface area contributed by atoms with Crippen LogP contribution >= 0.6 is 11.3 Å². The van der Waals surface area contributed by atoms with Crippen LogP contribution in [0.2, 0.25) is 0 Å². The summed E-state index contributed by atoms with van der Waals surface area (Å²) in [4.78, 5) is 17.3. The zero-order valence-electron chi connectivity index (χ0n) is 11.3. The Bertz CT molecular complexity index is 404. The molecule has 0 fully saturated rings. The third-order valence-electron chi connectivity index (χ3n) is 2.52. The van der Waals surface area contributed by atoms with Crippen molar-refractivity contribution in [1.82, 2.24) is 10.3 Å². The van der Waals surface area contributed by atoms with Gasteiger partial charge in [-0.05, 0) is 12.8 Å². The molecule has 0 saturated carbocycles. The molecule has 0 radical (unpaired) electrons. The third-order valence-corrected chi connectivity index (χ3v) is 3.51. The highest BCUT2D eigenvalue weighted by molar-refractivity contribution is 7.11. The number of thiazole rings is 1. The van der Waals surface area contributed by atoms with Crippen LogP contribution in [-0.2, 0) is 16.1 Å². The number of nitrogens with zero attached hydrogens (tertiary/aromatic N) is 1. The fourth-order valence-corrected chi connectivity index (χ4v) is 2.65. The lowest BCUT2D eigenvalue weighted by atomic mass is 10.1. The molecule has 1 heterocycles. The van der Waals surface area contributed by atoms with Crippen LogP contribution in [0.25, 0.3) is 0 Å². The van der Waals surface area contributed by atoms with Crippen LogP contribution in [0.1, 0.15) is 35.3 Å². The molecule has 0 aliphatic rings. The van der Waals surface area contributed by atoms with Gasteiger partial charge in [0, 0.05) is 12.0 Å². The smallest absolute Gasteiger partial charge is 0.239 e. The molecule has 6 heteroatoms. The molecule has 0 aliphatic heterocycles. The van der Waals surface area contributed by atoms with E-state index >= 15 is 0 Å². The summed E-state index contributed by atoms with van der Waals surface area (Å²) in [6.45, 7) is 6.92. The largest absolute Gasteiger partial charge is 0.383 e. The molecular weight excluding hydrogens is 250 g/mol. The standard InChI is InChI=1S/C12H21N3O2S/c1-7(2)11-8(3)18-10(15-11)5-14-12(16)9(13)6-17-4/h7,9H,5-6,13H2,1-4H3,(H,14,16). The van der Waals surface area contributed by atoms with Crippen molar-refractivity contribution in [2.45, 2.75) is 39.3 Å². The number of aryl methyl sites for hydroxylation is 1. The fraction of sp³-hybridized carbons (Fsp3) is 0.667. The van der Waals surface area contributed by atoms with E-state index in [2.05, 4.69) is 31.1 Å². The van der Waals surface area contributed by atoms with Crippen LogP contribution in [0.3, 0.4) is 0 Å². The lowest BCUT2D eigenvalue weighted by Crippen LogP contribution is -2.43. The highest BCUT2D eigenvalue weighted by Crippen LogP contribution is 2.23. The molecular formula is C12H21N3O2S. The third kappa shape index (κ3) is 4.04. The van der Waals surface area contributed by atoms with E-state index in [1.807, 2.05) is 0 Å². The number of hydrogen-bond acceptors (Lipinski definition) is 5. The maximum Gasteiger partial charge on any atom is 0.239 e. The van der Waals surface area contributed by atoms with Crippen molar-refractivity contribution in [3.63, 3.8) is 0 Å². The van der Waals surface area contributed by atoms with Crippen molar-refractivity contribution in [3.05, 3.63) is 15.6 Å². The first-order valence-corrected chi connectivity index (χ1v) is 6.75. The molecule has 1 amide bonds. The van der Waals surface area contributed by atoms with Gasteiger partial charge in [-0.15, -0.1) is 11.3 Å². The van der Waals surface area contributed by atoms with Crippen molar-refractivity contribution in [3.8, 4) is 0 Å². The minimum Gasteiger partial charge on any atom is -0.383 e. The molecule has 0 aliphatic carbocycles. The maximum atomic E-state index is 11.6. The topological polar surface area (TPSA) is 77.2 Å². The van der Waals surface area contributed by atoms with Crippen LogP contribution in [0.5, 0.6) is 0 Å². The number of hydrogen-bond donors (Lipinski definition) is 2. The quantitative estimate of drug-likeness (QED) is 0.814. The number of aromatic nitrogens is 1. The zero-order valence-corrected chi connectivity index (χ0v) is 12.1. The van der Waals surface area contributed by atoms with Crippen LogP contribution in [0, 0.1) is 6.92 Å². The normalized spacial score (nSPS) is 12.8. The summed E-state index contributed by atoms with van der Waals surface area (Å²) in [5.41, 5.74) is 6.72. The minimum atomic E-state index is -0.624. The molecule has 0 bridgehead atoms. The number of carbonyl (C=O) groups excluding carboxylic acids is 1. The summed E-state index contributed by atoms with van der Waals surface area (Å²) in [6, 6.07) is -0.624. The molecule has 1 rings (SSSR count). The second-order valence-electron chi connectivity index (χ2n) is 4.48. The van der Waals surface area contributed by atoms with Crippen LogP contribution in [0.15, 0.2) is 0 Å². The molecule has 1 aromatic rings. The van der Waals surface area contributed by atoms with Gasteiger partial charge in [-0.2, -0.15) is 0 Å². The Morgan fingerprint density at radius 2 is 2.22 bits per heavy atom. The van der Waals surface area contributed by atoms with Gasteiger partial charge in [0.15, 0.2) is 0 Å². The Morgan fingerprint density at radius 3 is 2.72 bits per heavy atom. The summed E-state index contributed by atoms with van der Waals surface area (Å²) in [5.74, 6) is 0.192. The highest BCUT2D eigenvalue weighted by atomic mass is 32.1. The second-order valence-corrected chi connectivity index (χ2v) is 5.77. The number of nitrogens with two attached hydrogens (primary N) is 1. The van der Waals surface area contributed by atoms with E-state index in [0.717, 1.165) is 10.7 Å². The Balaban J connectivity index is 2.53. The van der Waals surface area contributed by atoms with E-state index in [4.69, 9.17) is 10.5 Å². The molecule has 0 aromatic carbocycles. The summed E-state index contributed by atoms with van der Waals surface area (Å²) in [5, 5.41) is 3.68. The van der Waals surface area contributed by atoms with Gasteiger partial charge in [0.1, 0.15) is 11.0 Å². The first-order valence-electron chi connectivity index (χ1n) is 5.94. The fourth-order valence-electron chi connectivity index (χ4n) is 1.63. The van der Waals surface area contributed by atoms with Gasteiger partial charge in [0.05, 0.1) is 18.8 Å². The summed E-state index contributed by atoms with van der Waals surface area (Å²) in [6.07, 6.45) is 0. The molecule has 18 heavy (non-hydrogen) atoms. The molecule has 1 atom stereocenters. The van der Waals surface area contributed by atoms with Crippen molar-refractivity contribution >= 4 is 17.2 Å². The van der Waals surface area contributed by atoms with Gasteiger partial charge < -0.3 is 15.8 Å². The highest BCUT2D eigenvalue weighted by Gasteiger charge is 2.15. The van der Waals surface area contributed by atoms with Gasteiger partial charge in [0.25, 0.3) is 0 Å². The number of carbonyl (C=O) groups is 1. The number of ether oxygens (including phenoxy) is 1. The number of rotatable bonds is 6. The summed E-state index contributed by atoms with van der Waals surface area (Å²) >= 11 is 1.61. The van der Waals surface area contributed by atoms with E-state index in [-0.39, 0.29) is 12.5 Å². The average Bonchev–Trinajstić information content (AvgIpc) is 2.68. The van der Waals surface area contributed by atoms with Crippen LogP contribution < -0.4 is 11.1 Å². The summed E-state index contributed by atoms with van der Waals surface area (Å²) in [7, 11) is 1.52. The Hall–Kier alpha value is -0.980. The van der Waals surface area contributed by atoms with Crippen LogP contribution in [-0.4, -0.2) is 30.6 Å². The van der Waals surface area contributed by atoms with E-state index in [1.165, 1.54) is 12.0 Å². The predicted molar refractivity (Wildman–Crippen MR) is 72.6 cm³/mol. The maximum absolute atomic E-state index is 11.6. The molecule has 102 valence electrons. The molecule has 1 unspecified atom stereocenters. The van der Waals surface area contributed by atoms with Gasteiger partial charge in [-0.1, -0.05) is 13.8 Å². The van der Waals surface area contributed by atoms with Crippen molar-refractivity contribution in [2.75, 3.05) is 13.7 Å². The van der Waals surface area contributed by atoms with Gasteiger partial charge in [-0.25, -0.2) is 4.98 Å². The van der Waals surface area contributed by atoms with Crippen molar-refractivity contribution < 1.29 is 9.53 Å². The second kappa shape index (κ2) is 6.82. The average molecular weight is 271 g/mol. The number of nitrogens with one attached hydrogen (secondary N) is 1. The van der Waals surface area contributed by atoms with Gasteiger partial charge >= 0.3 is 0 Å². The monoisotopic (exact) mass is 271 g/mol. The molecule has 0 saturated heterocycles. The lowest BCUT2D eigenvalue weighted by molar-refractivity contribution is -0.123. The lowest BCUT2D eigenvalue weighted by Gasteiger charge is -2.09. The Morgan fingerprint density at radius 1 is 1.56 bits per heavy atom. The molecule has 1 aromatic heterocycles. The van der Waals surface area contributed by atoms with Crippen molar-refractivity contribution in [1.29, 1.82) is 0 Å². The number of amides is 1. The Labute approximate surface area is 112 Å². The molecule has 3 N–H and O–H groups in total. The van der Waals surface area contributed by atoms with Gasteiger partial charge in [-0.3, -0.25) is 4.79 Å². The minimum absolute atomic E-state index is 0.212. The molecule has 5 nitrogen and oxygen atoms in total. The predicted octanol–water partition coefficient (Wildman–Crippen LogP) is 1.16. The van der Waals surface area contributed by atoms with E-state index < -0.39 is 6.04 Å². The van der Waals surface area contributed by atoms with E-state index in [1.54, 1.807) is 11.3 Å². The first-order chi connectivity index (χ1) is 8.45. The van der Waals surface area contributed by atoms with E-state index in [9.17, 15) is 4.79 Å². The first kappa shape index (κ1) is 15.1. The van der Waals surface area contributed by atoms with E-state index in [0.29, 0.717) is 12.5 Å². The SMILES string of the molecule is COCC(N)C(=O)NCc1nc(C(C)C)c(C)s1. The molecule has 0 spiro atoms. The van der Waals surface area contributed by atoms with Gasteiger partial charge in [0.2, 0.25) is 5.91 Å². The van der Waals surface area contributed by atoms with Crippen molar-refractivity contribution in [2.24, 2.45) is 5.73 Å². The number of methoxy groups -OCH3 is 1. The van der Waals surface area contributed by atoms with Crippen LogP contribution in [0.4, 0.5) is 0 Å². The zero-order chi connectivity index (χ0) is 13.7. The Kier molecular flexibility index (Phi) is 5.71.